The zero-order valence-electron chi connectivity index (χ0n) is 11.2. The number of carbonyl (C=O) groups is 2. The third kappa shape index (κ3) is 2.83. The van der Waals surface area contributed by atoms with Gasteiger partial charge in [0.05, 0.1) is 18.4 Å². The van der Waals surface area contributed by atoms with Crippen LogP contribution < -0.4 is 5.32 Å². The third-order valence-corrected chi connectivity index (χ3v) is 2.81. The number of para-hydroxylation sites is 1. The van der Waals surface area contributed by atoms with Crippen LogP contribution in [0.3, 0.4) is 0 Å². The molecule has 2 rings (SSSR count). The number of carbonyl (C=O) groups excluding carboxylic acids is 2. The number of methoxy groups -OCH3 is 1. The number of pyridine rings is 1. The van der Waals surface area contributed by atoms with Crippen molar-refractivity contribution >= 4 is 17.6 Å². The summed E-state index contributed by atoms with van der Waals surface area (Å²) in [5.74, 6) is -0.863. The molecule has 0 saturated heterocycles. The largest absolute Gasteiger partial charge is 0.465 e. The SMILES string of the molecule is COC(=O)c1ccccc1NC(=O)c1ncccc1C. The quantitative estimate of drug-likeness (QED) is 0.870. The Morgan fingerprint density at radius 1 is 1.15 bits per heavy atom. The summed E-state index contributed by atoms with van der Waals surface area (Å²) < 4.78 is 4.68. The maximum atomic E-state index is 12.2. The molecule has 5 nitrogen and oxygen atoms in total. The zero-order valence-corrected chi connectivity index (χ0v) is 11.2. The van der Waals surface area contributed by atoms with Crippen LogP contribution in [-0.2, 0) is 4.74 Å². The van der Waals surface area contributed by atoms with E-state index in [1.165, 1.54) is 7.11 Å². The van der Waals surface area contributed by atoms with E-state index in [0.29, 0.717) is 16.9 Å². The number of esters is 1. The van der Waals surface area contributed by atoms with Crippen LogP contribution in [0.25, 0.3) is 0 Å². The fourth-order valence-corrected chi connectivity index (χ4v) is 1.78. The molecule has 0 bridgehead atoms. The second kappa shape index (κ2) is 5.97. The summed E-state index contributed by atoms with van der Waals surface area (Å²) >= 11 is 0. The first-order valence-corrected chi connectivity index (χ1v) is 6.04. The summed E-state index contributed by atoms with van der Waals surface area (Å²) in [7, 11) is 1.30. The molecule has 0 aliphatic rings. The summed E-state index contributed by atoms with van der Waals surface area (Å²) in [5.41, 5.74) is 1.79. The molecule has 102 valence electrons. The molecule has 0 radical (unpaired) electrons. The first kappa shape index (κ1) is 13.7. The van der Waals surface area contributed by atoms with Gasteiger partial charge in [-0.05, 0) is 30.7 Å². The lowest BCUT2D eigenvalue weighted by molar-refractivity contribution is 0.0602. The molecule has 0 atom stereocenters. The van der Waals surface area contributed by atoms with E-state index in [4.69, 9.17) is 0 Å². The van der Waals surface area contributed by atoms with Gasteiger partial charge in [0, 0.05) is 6.20 Å². The molecule has 2 aromatic rings. The van der Waals surface area contributed by atoms with Gasteiger partial charge in [0.2, 0.25) is 0 Å². The first-order valence-electron chi connectivity index (χ1n) is 6.04. The third-order valence-electron chi connectivity index (χ3n) is 2.81. The molecule has 1 amide bonds. The van der Waals surface area contributed by atoms with Gasteiger partial charge in [-0.15, -0.1) is 0 Å². The van der Waals surface area contributed by atoms with Crippen LogP contribution in [0, 0.1) is 6.92 Å². The van der Waals surface area contributed by atoms with E-state index in [2.05, 4.69) is 15.0 Å². The van der Waals surface area contributed by atoms with E-state index in [0.717, 1.165) is 5.56 Å². The number of aryl methyl sites for hydroxylation is 1. The smallest absolute Gasteiger partial charge is 0.339 e. The summed E-state index contributed by atoms with van der Waals surface area (Å²) in [4.78, 5) is 27.8. The topological polar surface area (TPSA) is 68.3 Å². The van der Waals surface area contributed by atoms with E-state index in [9.17, 15) is 9.59 Å². The minimum absolute atomic E-state index is 0.303. The number of aromatic nitrogens is 1. The van der Waals surface area contributed by atoms with Crippen molar-refractivity contribution < 1.29 is 14.3 Å². The van der Waals surface area contributed by atoms with Crippen molar-refractivity contribution in [3.05, 3.63) is 59.4 Å². The Hall–Kier alpha value is -2.69. The van der Waals surface area contributed by atoms with Gasteiger partial charge >= 0.3 is 5.97 Å². The maximum absolute atomic E-state index is 12.2. The molecule has 0 spiro atoms. The molecule has 0 aliphatic carbocycles. The Labute approximate surface area is 116 Å². The zero-order chi connectivity index (χ0) is 14.5. The Bertz CT molecular complexity index is 653. The van der Waals surface area contributed by atoms with Gasteiger partial charge in [-0.25, -0.2) is 4.79 Å². The van der Waals surface area contributed by atoms with Crippen LogP contribution in [0.2, 0.25) is 0 Å². The van der Waals surface area contributed by atoms with E-state index in [-0.39, 0.29) is 5.91 Å². The van der Waals surface area contributed by atoms with Gasteiger partial charge < -0.3 is 10.1 Å². The normalized spacial score (nSPS) is 9.90. The van der Waals surface area contributed by atoms with Gasteiger partial charge in [0.25, 0.3) is 5.91 Å². The van der Waals surface area contributed by atoms with Crippen molar-refractivity contribution in [1.29, 1.82) is 0 Å². The Morgan fingerprint density at radius 2 is 1.90 bits per heavy atom. The monoisotopic (exact) mass is 270 g/mol. The molecule has 1 heterocycles. The molecule has 0 aliphatic heterocycles. The fraction of sp³-hybridized carbons (Fsp3) is 0.133. The molecule has 20 heavy (non-hydrogen) atoms. The number of anilines is 1. The predicted octanol–water partition coefficient (Wildman–Crippen LogP) is 2.43. The lowest BCUT2D eigenvalue weighted by Crippen LogP contribution is -2.17. The molecule has 0 unspecified atom stereocenters. The van der Waals surface area contributed by atoms with Crippen LogP contribution >= 0.6 is 0 Å². The van der Waals surface area contributed by atoms with Crippen LogP contribution in [0.15, 0.2) is 42.6 Å². The van der Waals surface area contributed by atoms with Gasteiger partial charge in [-0.1, -0.05) is 18.2 Å². The lowest BCUT2D eigenvalue weighted by atomic mass is 10.1. The minimum Gasteiger partial charge on any atom is -0.465 e. The highest BCUT2D eigenvalue weighted by Crippen LogP contribution is 2.17. The molecule has 1 aromatic carbocycles. The second-order valence-electron chi connectivity index (χ2n) is 4.16. The lowest BCUT2D eigenvalue weighted by Gasteiger charge is -2.10. The average molecular weight is 270 g/mol. The van der Waals surface area contributed by atoms with Crippen LogP contribution in [-0.4, -0.2) is 24.0 Å². The Kier molecular flexibility index (Phi) is 4.10. The van der Waals surface area contributed by atoms with Crippen LogP contribution in [0.4, 0.5) is 5.69 Å². The van der Waals surface area contributed by atoms with E-state index in [1.807, 2.05) is 0 Å². The number of nitrogens with one attached hydrogen (secondary N) is 1. The second-order valence-corrected chi connectivity index (χ2v) is 4.16. The molecule has 0 fully saturated rings. The standard InChI is InChI=1S/C15H14N2O3/c1-10-6-5-9-16-13(10)14(18)17-12-8-4-3-7-11(12)15(19)20-2/h3-9H,1-2H3,(H,17,18). The number of hydrogen-bond acceptors (Lipinski definition) is 4. The molecule has 1 aromatic heterocycles. The number of benzene rings is 1. The Balaban J connectivity index is 2.29. The van der Waals surface area contributed by atoms with Crippen LogP contribution in [0.5, 0.6) is 0 Å². The van der Waals surface area contributed by atoms with E-state index >= 15 is 0 Å². The van der Waals surface area contributed by atoms with Crippen molar-refractivity contribution in [1.82, 2.24) is 4.98 Å². The molecule has 5 heteroatoms. The number of hydrogen-bond donors (Lipinski definition) is 1. The molecule has 0 saturated carbocycles. The molecule has 1 N–H and O–H groups in total. The maximum Gasteiger partial charge on any atom is 0.339 e. The minimum atomic E-state index is -0.501. The van der Waals surface area contributed by atoms with Gasteiger partial charge in [0.1, 0.15) is 5.69 Å². The number of amides is 1. The fourth-order valence-electron chi connectivity index (χ4n) is 1.78. The summed E-state index contributed by atoms with van der Waals surface area (Å²) in [6, 6.07) is 10.2. The van der Waals surface area contributed by atoms with Crippen molar-refractivity contribution in [2.24, 2.45) is 0 Å². The highest BCUT2D eigenvalue weighted by Gasteiger charge is 2.15. The average Bonchev–Trinajstić information content (AvgIpc) is 2.47. The first-order chi connectivity index (χ1) is 9.63. The number of nitrogens with zero attached hydrogens (tertiary/aromatic N) is 1. The van der Waals surface area contributed by atoms with E-state index < -0.39 is 5.97 Å². The van der Waals surface area contributed by atoms with Gasteiger partial charge in [0.15, 0.2) is 0 Å². The van der Waals surface area contributed by atoms with Crippen molar-refractivity contribution in [2.75, 3.05) is 12.4 Å². The van der Waals surface area contributed by atoms with E-state index in [1.54, 1.807) is 49.5 Å². The van der Waals surface area contributed by atoms with Crippen molar-refractivity contribution in [2.45, 2.75) is 6.92 Å². The van der Waals surface area contributed by atoms with Gasteiger partial charge in [-0.2, -0.15) is 0 Å². The molecular formula is C15H14N2O3. The van der Waals surface area contributed by atoms with Crippen LogP contribution in [0.1, 0.15) is 26.4 Å². The summed E-state index contributed by atoms with van der Waals surface area (Å²) in [6.45, 7) is 1.80. The molecular weight excluding hydrogens is 256 g/mol. The van der Waals surface area contributed by atoms with Gasteiger partial charge in [-0.3, -0.25) is 9.78 Å². The summed E-state index contributed by atoms with van der Waals surface area (Å²) in [6.07, 6.45) is 1.55. The Morgan fingerprint density at radius 3 is 2.60 bits per heavy atom. The summed E-state index contributed by atoms with van der Waals surface area (Å²) in [5, 5.41) is 2.68. The van der Waals surface area contributed by atoms with Crippen molar-refractivity contribution in [3.8, 4) is 0 Å². The predicted molar refractivity (Wildman–Crippen MR) is 74.7 cm³/mol. The van der Waals surface area contributed by atoms with Crippen molar-refractivity contribution in [3.63, 3.8) is 0 Å². The highest BCUT2D eigenvalue weighted by atomic mass is 16.5. The highest BCUT2D eigenvalue weighted by molar-refractivity contribution is 6.07. The number of ether oxygens (including phenoxy) is 1. The number of rotatable bonds is 3.